The zero-order valence-electron chi connectivity index (χ0n) is 12.1. The van der Waals surface area contributed by atoms with Crippen molar-refractivity contribution in [1.29, 1.82) is 0 Å². The number of rotatable bonds is 5. The molecule has 2 rings (SSSR count). The van der Waals surface area contributed by atoms with Crippen molar-refractivity contribution < 1.29 is 9.47 Å². The van der Waals surface area contributed by atoms with Crippen molar-refractivity contribution >= 4 is 38.5 Å². The molecule has 0 radical (unpaired) electrons. The highest BCUT2D eigenvalue weighted by Gasteiger charge is 2.19. The number of hydrogen-bond acceptors (Lipinski definition) is 3. The first kappa shape index (κ1) is 16.6. The summed E-state index contributed by atoms with van der Waals surface area (Å²) in [5, 5.41) is 3.35. The van der Waals surface area contributed by atoms with Crippen molar-refractivity contribution in [3.63, 3.8) is 0 Å². The SMILES string of the molecule is CNC(c1cccc(I)c1)c1cc(OC)c(Br)cc1OC. The molecule has 112 valence electrons. The fourth-order valence-corrected chi connectivity index (χ4v) is 3.35. The largest absolute Gasteiger partial charge is 0.496 e. The maximum absolute atomic E-state index is 5.53. The number of benzene rings is 2. The van der Waals surface area contributed by atoms with Gasteiger partial charge in [-0.2, -0.15) is 0 Å². The Morgan fingerprint density at radius 1 is 1.10 bits per heavy atom. The first-order valence-corrected chi connectivity index (χ1v) is 8.32. The van der Waals surface area contributed by atoms with Gasteiger partial charge in [0, 0.05) is 9.13 Å². The number of hydrogen-bond donors (Lipinski definition) is 1. The van der Waals surface area contributed by atoms with Crippen molar-refractivity contribution in [2.24, 2.45) is 0 Å². The van der Waals surface area contributed by atoms with Crippen LogP contribution in [0.3, 0.4) is 0 Å². The summed E-state index contributed by atoms with van der Waals surface area (Å²) in [6.45, 7) is 0. The zero-order valence-corrected chi connectivity index (χ0v) is 15.9. The fraction of sp³-hybridized carbons (Fsp3) is 0.250. The topological polar surface area (TPSA) is 30.5 Å². The summed E-state index contributed by atoms with van der Waals surface area (Å²) in [7, 11) is 5.29. The minimum atomic E-state index is 0.0386. The van der Waals surface area contributed by atoms with E-state index in [2.05, 4.69) is 68.1 Å². The van der Waals surface area contributed by atoms with E-state index in [9.17, 15) is 0 Å². The lowest BCUT2D eigenvalue weighted by molar-refractivity contribution is 0.393. The van der Waals surface area contributed by atoms with E-state index in [0.29, 0.717) is 0 Å². The number of methoxy groups -OCH3 is 2. The third-order valence-corrected chi connectivity index (χ3v) is 4.58. The van der Waals surface area contributed by atoms with Crippen LogP contribution in [0.4, 0.5) is 0 Å². The summed E-state index contributed by atoms with van der Waals surface area (Å²) in [4.78, 5) is 0. The van der Waals surface area contributed by atoms with Crippen LogP contribution in [-0.2, 0) is 0 Å². The van der Waals surface area contributed by atoms with Gasteiger partial charge >= 0.3 is 0 Å². The highest BCUT2D eigenvalue weighted by atomic mass is 127. The van der Waals surface area contributed by atoms with E-state index in [1.807, 2.05) is 19.2 Å². The van der Waals surface area contributed by atoms with Gasteiger partial charge in [0.2, 0.25) is 0 Å². The van der Waals surface area contributed by atoms with E-state index in [4.69, 9.17) is 9.47 Å². The van der Waals surface area contributed by atoms with Gasteiger partial charge in [-0.1, -0.05) is 12.1 Å². The van der Waals surface area contributed by atoms with Crippen molar-refractivity contribution in [2.45, 2.75) is 6.04 Å². The number of halogens is 2. The average Bonchev–Trinajstić information content (AvgIpc) is 2.49. The molecule has 2 aromatic rings. The first-order valence-electron chi connectivity index (χ1n) is 6.44. The second kappa shape index (κ2) is 7.47. The van der Waals surface area contributed by atoms with Gasteiger partial charge in [-0.3, -0.25) is 0 Å². The molecule has 0 amide bonds. The lowest BCUT2D eigenvalue weighted by Gasteiger charge is -2.21. The lowest BCUT2D eigenvalue weighted by Crippen LogP contribution is -2.18. The van der Waals surface area contributed by atoms with E-state index in [1.165, 1.54) is 9.13 Å². The van der Waals surface area contributed by atoms with Gasteiger partial charge in [0.05, 0.1) is 24.7 Å². The molecular weight excluding hydrogens is 445 g/mol. The van der Waals surface area contributed by atoms with Crippen LogP contribution < -0.4 is 14.8 Å². The van der Waals surface area contributed by atoms with Crippen LogP contribution in [0, 0.1) is 3.57 Å². The Morgan fingerprint density at radius 3 is 2.38 bits per heavy atom. The molecule has 0 heterocycles. The Bertz CT molecular complexity index is 634. The first-order chi connectivity index (χ1) is 10.1. The van der Waals surface area contributed by atoms with Crippen LogP contribution in [0.25, 0.3) is 0 Å². The molecule has 21 heavy (non-hydrogen) atoms. The summed E-state index contributed by atoms with van der Waals surface area (Å²) in [5.41, 5.74) is 2.23. The van der Waals surface area contributed by atoms with Crippen LogP contribution in [0.15, 0.2) is 40.9 Å². The smallest absolute Gasteiger partial charge is 0.133 e. The van der Waals surface area contributed by atoms with Crippen molar-refractivity contribution in [1.82, 2.24) is 5.32 Å². The van der Waals surface area contributed by atoms with Gasteiger partial charge in [0.15, 0.2) is 0 Å². The van der Waals surface area contributed by atoms with E-state index >= 15 is 0 Å². The molecule has 0 aliphatic heterocycles. The van der Waals surface area contributed by atoms with Crippen LogP contribution in [-0.4, -0.2) is 21.3 Å². The zero-order chi connectivity index (χ0) is 15.4. The predicted octanol–water partition coefficient (Wildman–Crippen LogP) is 4.38. The van der Waals surface area contributed by atoms with Crippen LogP contribution in [0.5, 0.6) is 11.5 Å². The summed E-state index contributed by atoms with van der Waals surface area (Å²) in [5.74, 6) is 1.61. The monoisotopic (exact) mass is 461 g/mol. The lowest BCUT2D eigenvalue weighted by atomic mass is 9.97. The molecular formula is C16H17BrINO2. The molecule has 0 fully saturated rings. The minimum Gasteiger partial charge on any atom is -0.496 e. The molecule has 5 heteroatoms. The third kappa shape index (κ3) is 3.70. The summed E-state index contributed by atoms with van der Waals surface area (Å²) >= 11 is 5.82. The quantitative estimate of drug-likeness (QED) is 0.670. The van der Waals surface area contributed by atoms with Crippen LogP contribution in [0.1, 0.15) is 17.2 Å². The molecule has 1 unspecified atom stereocenters. The summed E-state index contributed by atoms with van der Waals surface area (Å²) in [6.07, 6.45) is 0. The maximum atomic E-state index is 5.53. The molecule has 0 aromatic heterocycles. The Hall–Kier alpha value is -0.790. The molecule has 0 aliphatic rings. The van der Waals surface area contributed by atoms with Gasteiger partial charge in [-0.25, -0.2) is 0 Å². The highest BCUT2D eigenvalue weighted by Crippen LogP contribution is 2.38. The average molecular weight is 462 g/mol. The van der Waals surface area contributed by atoms with Crippen molar-refractivity contribution in [2.75, 3.05) is 21.3 Å². The minimum absolute atomic E-state index is 0.0386. The molecule has 0 saturated heterocycles. The molecule has 2 aromatic carbocycles. The highest BCUT2D eigenvalue weighted by molar-refractivity contribution is 14.1. The Labute approximate surface area is 147 Å². The Balaban J connectivity index is 2.56. The molecule has 1 N–H and O–H groups in total. The number of nitrogens with one attached hydrogen (secondary N) is 1. The standard InChI is InChI=1S/C16H17BrINO2/c1-19-16(10-5-4-6-11(18)7-10)12-8-15(21-3)13(17)9-14(12)20-2/h4-9,16,19H,1-3H3. The molecule has 0 saturated carbocycles. The van der Waals surface area contributed by atoms with Gasteiger partial charge in [0.25, 0.3) is 0 Å². The van der Waals surface area contributed by atoms with E-state index < -0.39 is 0 Å². The van der Waals surface area contributed by atoms with Gasteiger partial charge < -0.3 is 14.8 Å². The van der Waals surface area contributed by atoms with Crippen LogP contribution in [0.2, 0.25) is 0 Å². The van der Waals surface area contributed by atoms with Gasteiger partial charge in [-0.15, -0.1) is 0 Å². The van der Waals surface area contributed by atoms with Crippen molar-refractivity contribution in [3.8, 4) is 11.5 Å². The van der Waals surface area contributed by atoms with Crippen molar-refractivity contribution in [3.05, 3.63) is 55.6 Å². The van der Waals surface area contributed by atoms with Crippen LogP contribution >= 0.6 is 38.5 Å². The fourth-order valence-electron chi connectivity index (χ4n) is 2.30. The van der Waals surface area contributed by atoms with E-state index in [-0.39, 0.29) is 6.04 Å². The molecule has 1 atom stereocenters. The molecule has 0 spiro atoms. The summed E-state index contributed by atoms with van der Waals surface area (Å²) in [6, 6.07) is 12.4. The maximum Gasteiger partial charge on any atom is 0.133 e. The normalized spacial score (nSPS) is 12.0. The molecule has 0 aliphatic carbocycles. The van der Waals surface area contributed by atoms with E-state index in [1.54, 1.807) is 14.2 Å². The predicted molar refractivity (Wildman–Crippen MR) is 97.3 cm³/mol. The van der Waals surface area contributed by atoms with Gasteiger partial charge in [0.1, 0.15) is 11.5 Å². The van der Waals surface area contributed by atoms with E-state index in [0.717, 1.165) is 21.5 Å². The number of ether oxygens (including phenoxy) is 2. The summed E-state index contributed by atoms with van der Waals surface area (Å²) < 4.78 is 13.0. The Morgan fingerprint density at radius 2 is 1.81 bits per heavy atom. The third-order valence-electron chi connectivity index (χ3n) is 3.29. The second-order valence-electron chi connectivity index (χ2n) is 4.51. The molecule has 3 nitrogen and oxygen atoms in total. The Kier molecular flexibility index (Phi) is 5.89. The van der Waals surface area contributed by atoms with Gasteiger partial charge in [-0.05, 0) is 75.4 Å². The molecule has 0 bridgehead atoms. The second-order valence-corrected chi connectivity index (χ2v) is 6.61.